The van der Waals surface area contributed by atoms with Crippen LogP contribution in [-0.4, -0.2) is 28.8 Å². The van der Waals surface area contributed by atoms with E-state index in [4.69, 9.17) is 4.74 Å². The average molecular weight is 375 g/mol. The molecule has 1 heterocycles. The molecule has 4 rings (SSSR count). The maximum Gasteiger partial charge on any atom is 0.339 e. The fraction of sp³-hybridized carbons (Fsp3) is 0.227. The quantitative estimate of drug-likeness (QED) is 0.524. The van der Waals surface area contributed by atoms with Gasteiger partial charge in [0.2, 0.25) is 5.91 Å². The monoisotopic (exact) mass is 375 g/mol. The van der Waals surface area contributed by atoms with Crippen LogP contribution in [0.5, 0.6) is 0 Å². The van der Waals surface area contributed by atoms with Gasteiger partial charge in [-0.3, -0.25) is 9.48 Å². The molecule has 6 nitrogen and oxygen atoms in total. The number of benzene rings is 2. The van der Waals surface area contributed by atoms with Crippen LogP contribution >= 0.6 is 0 Å². The summed E-state index contributed by atoms with van der Waals surface area (Å²) in [6.07, 6.45) is 7.63. The van der Waals surface area contributed by atoms with Gasteiger partial charge in [0.15, 0.2) is 0 Å². The van der Waals surface area contributed by atoms with Gasteiger partial charge in [-0.2, -0.15) is 5.10 Å². The number of aromatic nitrogens is 2. The lowest BCUT2D eigenvalue weighted by Crippen LogP contribution is -2.12. The summed E-state index contributed by atoms with van der Waals surface area (Å²) >= 11 is 0. The zero-order chi connectivity index (χ0) is 19.5. The van der Waals surface area contributed by atoms with Crippen molar-refractivity contribution in [1.29, 1.82) is 0 Å². The number of carbonyl (C=O) groups is 2. The summed E-state index contributed by atoms with van der Waals surface area (Å²) in [5.41, 5.74) is 2.76. The lowest BCUT2D eigenvalue weighted by Gasteiger charge is -2.07. The van der Waals surface area contributed by atoms with E-state index in [9.17, 15) is 9.59 Å². The summed E-state index contributed by atoms with van der Waals surface area (Å²) in [5.74, 6) is -0.0475. The van der Waals surface area contributed by atoms with Gasteiger partial charge in [-0.25, -0.2) is 4.79 Å². The number of para-hydroxylation sites is 1. The Kier molecular flexibility index (Phi) is 4.93. The molecular formula is C22H21N3O3. The van der Waals surface area contributed by atoms with Crippen LogP contribution in [0.3, 0.4) is 0 Å². The van der Waals surface area contributed by atoms with Crippen LogP contribution < -0.4 is 5.32 Å². The highest BCUT2D eigenvalue weighted by atomic mass is 16.5. The number of hydrogen-bond acceptors (Lipinski definition) is 4. The first kappa shape index (κ1) is 18.0. The molecule has 0 spiro atoms. The minimum absolute atomic E-state index is 0.316. The molecule has 2 aromatic carbocycles. The first-order valence-corrected chi connectivity index (χ1v) is 9.26. The minimum atomic E-state index is -0.492. The minimum Gasteiger partial charge on any atom is -0.465 e. The number of nitrogens with one attached hydrogen (secondary N) is 1. The maximum absolute atomic E-state index is 12.3. The van der Waals surface area contributed by atoms with Crippen molar-refractivity contribution in [3.8, 4) is 0 Å². The van der Waals surface area contributed by atoms with E-state index in [0.29, 0.717) is 11.3 Å². The fourth-order valence-electron chi connectivity index (χ4n) is 3.13. The smallest absolute Gasteiger partial charge is 0.339 e. The van der Waals surface area contributed by atoms with Gasteiger partial charge in [-0.05, 0) is 54.7 Å². The molecule has 0 bridgehead atoms. The highest BCUT2D eigenvalue weighted by Gasteiger charge is 2.22. The molecule has 1 N–H and O–H groups in total. The molecule has 0 unspecified atom stereocenters. The molecule has 1 saturated carbocycles. The topological polar surface area (TPSA) is 73.2 Å². The van der Waals surface area contributed by atoms with Crippen molar-refractivity contribution in [2.75, 3.05) is 12.4 Å². The first-order chi connectivity index (χ1) is 13.6. The molecule has 1 fully saturated rings. The normalized spacial score (nSPS) is 13.8. The van der Waals surface area contributed by atoms with Crippen LogP contribution in [0, 0.1) is 5.92 Å². The number of esters is 1. The molecule has 1 aliphatic rings. The fourth-order valence-corrected chi connectivity index (χ4v) is 3.13. The van der Waals surface area contributed by atoms with E-state index in [-0.39, 0.29) is 5.91 Å². The number of amides is 1. The number of fused-ring (bicyclic) bond motifs is 1. The zero-order valence-corrected chi connectivity index (χ0v) is 15.6. The van der Waals surface area contributed by atoms with Crippen molar-refractivity contribution in [3.05, 3.63) is 65.9 Å². The third-order valence-electron chi connectivity index (χ3n) is 4.81. The number of nitrogens with zero attached hydrogens (tertiary/aromatic N) is 2. The van der Waals surface area contributed by atoms with Gasteiger partial charge in [0, 0.05) is 18.0 Å². The summed E-state index contributed by atoms with van der Waals surface area (Å²) in [6.45, 7) is 0.973. The second-order valence-electron chi connectivity index (χ2n) is 6.95. The highest BCUT2D eigenvalue weighted by molar-refractivity contribution is 6.06. The molecule has 1 aliphatic carbocycles. The summed E-state index contributed by atoms with van der Waals surface area (Å²) in [5, 5.41) is 8.25. The van der Waals surface area contributed by atoms with Crippen LogP contribution in [0.4, 0.5) is 5.69 Å². The number of ether oxygens (including phenoxy) is 1. The van der Waals surface area contributed by atoms with Crippen molar-refractivity contribution >= 4 is 34.5 Å². The predicted octanol–water partition coefficient (Wildman–Crippen LogP) is 3.88. The molecule has 142 valence electrons. The number of carbonyl (C=O) groups excluding carboxylic acids is 2. The van der Waals surface area contributed by atoms with Crippen molar-refractivity contribution in [1.82, 2.24) is 9.78 Å². The molecule has 1 aromatic heterocycles. The molecule has 3 aromatic rings. The van der Waals surface area contributed by atoms with E-state index in [1.165, 1.54) is 26.0 Å². The lowest BCUT2D eigenvalue weighted by molar-refractivity contribution is -0.111. The third kappa shape index (κ3) is 3.96. The average Bonchev–Trinajstić information content (AvgIpc) is 3.45. The van der Waals surface area contributed by atoms with Crippen LogP contribution in [0.15, 0.2) is 54.7 Å². The second kappa shape index (κ2) is 7.68. The summed E-state index contributed by atoms with van der Waals surface area (Å²) in [7, 11) is 1.31. The Labute approximate surface area is 162 Å². The van der Waals surface area contributed by atoms with E-state index in [2.05, 4.69) is 15.1 Å². The Bertz CT molecular complexity index is 1060. The molecule has 1 amide bonds. The van der Waals surface area contributed by atoms with Crippen LogP contribution in [0.1, 0.15) is 28.8 Å². The van der Waals surface area contributed by atoms with Gasteiger partial charge < -0.3 is 10.1 Å². The van der Waals surface area contributed by atoms with E-state index in [1.54, 1.807) is 30.3 Å². The molecule has 0 radical (unpaired) electrons. The van der Waals surface area contributed by atoms with Crippen molar-refractivity contribution in [3.63, 3.8) is 0 Å². The molecule has 6 heteroatoms. The van der Waals surface area contributed by atoms with Crippen LogP contribution in [0.2, 0.25) is 0 Å². The van der Waals surface area contributed by atoms with Crippen LogP contribution in [-0.2, 0) is 16.1 Å². The number of methoxy groups -OCH3 is 1. The van der Waals surface area contributed by atoms with Gasteiger partial charge in [-0.15, -0.1) is 0 Å². The van der Waals surface area contributed by atoms with E-state index in [0.717, 1.165) is 28.9 Å². The number of rotatable bonds is 6. The largest absolute Gasteiger partial charge is 0.465 e. The Hall–Kier alpha value is -3.41. The van der Waals surface area contributed by atoms with E-state index < -0.39 is 5.97 Å². The van der Waals surface area contributed by atoms with E-state index >= 15 is 0 Å². The Morgan fingerprint density at radius 1 is 1.25 bits per heavy atom. The van der Waals surface area contributed by atoms with Gasteiger partial charge in [-0.1, -0.05) is 18.2 Å². The van der Waals surface area contributed by atoms with Crippen molar-refractivity contribution < 1.29 is 14.3 Å². The first-order valence-electron chi connectivity index (χ1n) is 9.26. The van der Waals surface area contributed by atoms with E-state index in [1.807, 2.05) is 24.4 Å². The number of anilines is 1. The molecular weight excluding hydrogens is 354 g/mol. The third-order valence-corrected chi connectivity index (χ3v) is 4.81. The highest BCUT2D eigenvalue weighted by Crippen LogP contribution is 2.31. The summed E-state index contributed by atoms with van der Waals surface area (Å²) < 4.78 is 6.79. The van der Waals surface area contributed by atoms with Gasteiger partial charge in [0.1, 0.15) is 0 Å². The molecule has 28 heavy (non-hydrogen) atoms. The van der Waals surface area contributed by atoms with Gasteiger partial charge in [0.25, 0.3) is 0 Å². The Morgan fingerprint density at radius 3 is 2.86 bits per heavy atom. The standard InChI is InChI=1S/C22H21N3O3/c1-28-22(27)18-4-2-3-5-19(18)24-21(26)11-9-15-8-10-20-17(12-15)13-23-25(20)14-16-6-7-16/h2-5,8-13,16H,6-7,14H2,1H3,(H,24,26)/b11-9+. The zero-order valence-electron chi connectivity index (χ0n) is 15.6. The SMILES string of the molecule is COC(=O)c1ccccc1NC(=O)/C=C/c1ccc2c(cnn2CC2CC2)c1. The van der Waals surface area contributed by atoms with Gasteiger partial charge in [0.05, 0.1) is 30.1 Å². The van der Waals surface area contributed by atoms with Gasteiger partial charge >= 0.3 is 5.97 Å². The number of hydrogen-bond donors (Lipinski definition) is 1. The Morgan fingerprint density at radius 2 is 2.07 bits per heavy atom. The van der Waals surface area contributed by atoms with Crippen LogP contribution in [0.25, 0.3) is 17.0 Å². The second-order valence-corrected chi connectivity index (χ2v) is 6.95. The Balaban J connectivity index is 1.46. The van der Waals surface area contributed by atoms with Crippen molar-refractivity contribution in [2.45, 2.75) is 19.4 Å². The predicted molar refractivity (Wildman–Crippen MR) is 108 cm³/mol. The molecule has 0 saturated heterocycles. The molecule has 0 atom stereocenters. The lowest BCUT2D eigenvalue weighted by atomic mass is 10.1. The summed E-state index contributed by atoms with van der Waals surface area (Å²) in [6, 6.07) is 12.8. The van der Waals surface area contributed by atoms with Crippen molar-refractivity contribution in [2.24, 2.45) is 5.92 Å². The maximum atomic E-state index is 12.3. The molecule has 0 aliphatic heterocycles. The summed E-state index contributed by atoms with van der Waals surface area (Å²) in [4.78, 5) is 24.1.